The number of carbonyl (C=O) groups excluding carboxylic acids is 1. The summed E-state index contributed by atoms with van der Waals surface area (Å²) in [6.45, 7) is 2.61. The van der Waals surface area contributed by atoms with Gasteiger partial charge in [-0.3, -0.25) is 4.79 Å². The zero-order valence-electron chi connectivity index (χ0n) is 14.5. The van der Waals surface area contributed by atoms with E-state index in [0.717, 1.165) is 12.0 Å². The summed E-state index contributed by atoms with van der Waals surface area (Å²) in [6.07, 6.45) is 4.90. The van der Waals surface area contributed by atoms with E-state index in [1.807, 2.05) is 31.2 Å². The molecular formula is C21H25NO2. The number of carbonyl (C=O) groups is 1. The number of rotatable bonds is 5. The standard InChI is InChI=1S/C21H25NO2/c1-15(19-12-11-17-5-3-4-6-20(17)13-19)22-21(23)18-9-7-16(8-10-18)14-24-2/h7-13,15H,3-6,14H2,1-2H3,(H,22,23)/t15-/m0/s1. The minimum atomic E-state index is -0.0378. The molecule has 0 unspecified atom stereocenters. The number of fused-ring (bicyclic) bond motifs is 1. The van der Waals surface area contributed by atoms with Crippen LogP contribution in [0.5, 0.6) is 0 Å². The minimum Gasteiger partial charge on any atom is -0.380 e. The summed E-state index contributed by atoms with van der Waals surface area (Å²) in [7, 11) is 1.67. The van der Waals surface area contributed by atoms with Gasteiger partial charge in [0.25, 0.3) is 5.91 Å². The third-order valence-corrected chi connectivity index (χ3v) is 4.75. The maximum Gasteiger partial charge on any atom is 0.251 e. The molecule has 2 aromatic rings. The Hall–Kier alpha value is -2.13. The van der Waals surface area contributed by atoms with E-state index in [2.05, 4.69) is 23.5 Å². The minimum absolute atomic E-state index is 0.00313. The van der Waals surface area contributed by atoms with Gasteiger partial charge in [-0.2, -0.15) is 0 Å². The van der Waals surface area contributed by atoms with Gasteiger partial charge in [-0.25, -0.2) is 0 Å². The summed E-state index contributed by atoms with van der Waals surface area (Å²) >= 11 is 0. The molecule has 0 aromatic heterocycles. The molecule has 0 aliphatic heterocycles. The number of hydrogen-bond acceptors (Lipinski definition) is 2. The van der Waals surface area contributed by atoms with Gasteiger partial charge in [0.05, 0.1) is 12.6 Å². The van der Waals surface area contributed by atoms with Crippen molar-refractivity contribution in [2.75, 3.05) is 7.11 Å². The second-order valence-corrected chi connectivity index (χ2v) is 6.56. The van der Waals surface area contributed by atoms with Crippen LogP contribution in [0.4, 0.5) is 0 Å². The monoisotopic (exact) mass is 323 g/mol. The van der Waals surface area contributed by atoms with E-state index < -0.39 is 0 Å². The average molecular weight is 323 g/mol. The molecule has 0 heterocycles. The van der Waals surface area contributed by atoms with Crippen molar-refractivity contribution in [3.05, 3.63) is 70.3 Å². The summed E-state index contributed by atoms with van der Waals surface area (Å²) in [5.74, 6) is -0.0378. The first kappa shape index (κ1) is 16.7. The molecular weight excluding hydrogens is 298 g/mol. The number of benzene rings is 2. The number of nitrogens with one attached hydrogen (secondary N) is 1. The third-order valence-electron chi connectivity index (χ3n) is 4.75. The highest BCUT2D eigenvalue weighted by Crippen LogP contribution is 2.25. The highest BCUT2D eigenvalue weighted by Gasteiger charge is 2.15. The van der Waals surface area contributed by atoms with Crippen molar-refractivity contribution in [1.82, 2.24) is 5.32 Å². The summed E-state index contributed by atoms with van der Waals surface area (Å²) < 4.78 is 5.10. The molecule has 3 nitrogen and oxygen atoms in total. The van der Waals surface area contributed by atoms with Crippen LogP contribution in [0, 0.1) is 0 Å². The van der Waals surface area contributed by atoms with Gasteiger partial charge in [-0.1, -0.05) is 30.3 Å². The molecule has 1 N–H and O–H groups in total. The lowest BCUT2D eigenvalue weighted by atomic mass is 9.89. The molecule has 0 saturated carbocycles. The van der Waals surface area contributed by atoms with Gasteiger partial charge in [0, 0.05) is 12.7 Å². The van der Waals surface area contributed by atoms with Crippen molar-refractivity contribution in [3.63, 3.8) is 0 Å². The van der Waals surface area contributed by atoms with Crippen molar-refractivity contribution in [2.24, 2.45) is 0 Å². The Balaban J connectivity index is 1.67. The van der Waals surface area contributed by atoms with E-state index in [4.69, 9.17) is 4.74 Å². The second-order valence-electron chi connectivity index (χ2n) is 6.56. The van der Waals surface area contributed by atoms with E-state index in [-0.39, 0.29) is 11.9 Å². The topological polar surface area (TPSA) is 38.3 Å². The Bertz CT molecular complexity index is 706. The van der Waals surface area contributed by atoms with E-state index in [9.17, 15) is 4.79 Å². The molecule has 0 radical (unpaired) electrons. The van der Waals surface area contributed by atoms with Gasteiger partial charge in [-0.05, 0) is 67.0 Å². The van der Waals surface area contributed by atoms with Gasteiger partial charge in [0.1, 0.15) is 0 Å². The van der Waals surface area contributed by atoms with Crippen LogP contribution >= 0.6 is 0 Å². The zero-order valence-corrected chi connectivity index (χ0v) is 14.5. The van der Waals surface area contributed by atoms with E-state index in [1.165, 1.54) is 36.0 Å². The van der Waals surface area contributed by atoms with Gasteiger partial charge in [-0.15, -0.1) is 0 Å². The summed E-state index contributed by atoms with van der Waals surface area (Å²) in [5, 5.41) is 3.10. The molecule has 1 atom stereocenters. The van der Waals surface area contributed by atoms with Crippen LogP contribution in [-0.2, 0) is 24.2 Å². The van der Waals surface area contributed by atoms with Gasteiger partial charge < -0.3 is 10.1 Å². The van der Waals surface area contributed by atoms with Crippen LogP contribution in [-0.4, -0.2) is 13.0 Å². The van der Waals surface area contributed by atoms with Crippen molar-refractivity contribution < 1.29 is 9.53 Å². The maximum absolute atomic E-state index is 12.4. The van der Waals surface area contributed by atoms with Crippen LogP contribution in [0.2, 0.25) is 0 Å². The fourth-order valence-electron chi connectivity index (χ4n) is 3.31. The molecule has 0 spiro atoms. The molecule has 0 saturated heterocycles. The van der Waals surface area contributed by atoms with Gasteiger partial charge in [0.2, 0.25) is 0 Å². The fraction of sp³-hybridized carbons (Fsp3) is 0.381. The van der Waals surface area contributed by atoms with Crippen LogP contribution < -0.4 is 5.32 Å². The quantitative estimate of drug-likeness (QED) is 0.895. The molecule has 3 rings (SSSR count). The Morgan fingerprint density at radius 3 is 2.50 bits per heavy atom. The smallest absolute Gasteiger partial charge is 0.251 e. The molecule has 24 heavy (non-hydrogen) atoms. The largest absolute Gasteiger partial charge is 0.380 e. The molecule has 2 aromatic carbocycles. The first-order valence-electron chi connectivity index (χ1n) is 8.68. The fourth-order valence-corrected chi connectivity index (χ4v) is 3.31. The van der Waals surface area contributed by atoms with Crippen molar-refractivity contribution >= 4 is 5.91 Å². The van der Waals surface area contributed by atoms with Crippen LogP contribution in [0.1, 0.15) is 58.4 Å². The number of aryl methyl sites for hydroxylation is 2. The molecule has 0 fully saturated rings. The van der Waals surface area contributed by atoms with E-state index >= 15 is 0 Å². The molecule has 0 bridgehead atoms. The van der Waals surface area contributed by atoms with Crippen molar-refractivity contribution in [2.45, 2.75) is 45.3 Å². The summed E-state index contributed by atoms with van der Waals surface area (Å²) in [5.41, 5.74) is 5.84. The average Bonchev–Trinajstić information content (AvgIpc) is 2.62. The lowest BCUT2D eigenvalue weighted by molar-refractivity contribution is 0.0939. The van der Waals surface area contributed by atoms with Crippen molar-refractivity contribution in [3.8, 4) is 0 Å². The van der Waals surface area contributed by atoms with Crippen molar-refractivity contribution in [1.29, 1.82) is 0 Å². The van der Waals surface area contributed by atoms with E-state index in [0.29, 0.717) is 12.2 Å². The predicted molar refractivity (Wildman–Crippen MR) is 96.1 cm³/mol. The Morgan fingerprint density at radius 1 is 1.08 bits per heavy atom. The van der Waals surface area contributed by atoms with Crippen LogP contribution in [0.3, 0.4) is 0 Å². The van der Waals surface area contributed by atoms with E-state index in [1.54, 1.807) is 7.11 Å². The highest BCUT2D eigenvalue weighted by molar-refractivity contribution is 5.94. The number of hydrogen-bond donors (Lipinski definition) is 1. The summed E-state index contributed by atoms with van der Waals surface area (Å²) in [6, 6.07) is 14.2. The number of methoxy groups -OCH3 is 1. The third kappa shape index (κ3) is 3.85. The van der Waals surface area contributed by atoms with Crippen LogP contribution in [0.25, 0.3) is 0 Å². The molecule has 1 aliphatic carbocycles. The molecule has 3 heteroatoms. The molecule has 1 aliphatic rings. The van der Waals surface area contributed by atoms with Crippen LogP contribution in [0.15, 0.2) is 42.5 Å². The Labute approximate surface area is 144 Å². The summed E-state index contributed by atoms with van der Waals surface area (Å²) in [4.78, 5) is 12.4. The Morgan fingerprint density at radius 2 is 1.79 bits per heavy atom. The lowest BCUT2D eigenvalue weighted by Crippen LogP contribution is -2.26. The predicted octanol–water partition coefficient (Wildman–Crippen LogP) is 4.20. The van der Waals surface area contributed by atoms with Gasteiger partial charge in [0.15, 0.2) is 0 Å². The van der Waals surface area contributed by atoms with Gasteiger partial charge >= 0.3 is 0 Å². The second kappa shape index (κ2) is 7.63. The highest BCUT2D eigenvalue weighted by atomic mass is 16.5. The first-order valence-corrected chi connectivity index (χ1v) is 8.68. The molecule has 1 amide bonds. The Kier molecular flexibility index (Phi) is 5.31. The SMILES string of the molecule is COCc1ccc(C(=O)N[C@@H](C)c2ccc3c(c2)CCCC3)cc1. The first-order chi connectivity index (χ1) is 11.7. The maximum atomic E-state index is 12.4. The number of ether oxygens (including phenoxy) is 1. The number of amides is 1. The normalized spacial score (nSPS) is 14.8. The lowest BCUT2D eigenvalue weighted by Gasteiger charge is -2.20. The zero-order chi connectivity index (χ0) is 16.9. The molecule has 126 valence electrons.